The number of allylic oxidation sites excluding steroid dienone is 2. The highest BCUT2D eigenvalue weighted by atomic mass is 16.5. The fraction of sp³-hybridized carbons (Fsp3) is 0.154. The zero-order chi connectivity index (χ0) is 24.1. The van der Waals surface area contributed by atoms with Gasteiger partial charge in [0.25, 0.3) is 11.8 Å². The maximum atomic E-state index is 12.6. The van der Waals surface area contributed by atoms with Gasteiger partial charge in [0.05, 0.1) is 18.4 Å². The summed E-state index contributed by atoms with van der Waals surface area (Å²) in [6.07, 6.45) is 7.59. The van der Waals surface area contributed by atoms with Crippen molar-refractivity contribution in [3.05, 3.63) is 89.5 Å². The van der Waals surface area contributed by atoms with E-state index in [1.807, 2.05) is 42.5 Å². The Hall–Kier alpha value is -4.46. The van der Waals surface area contributed by atoms with Crippen LogP contribution in [-0.2, 0) is 16.6 Å². The third-order valence-corrected chi connectivity index (χ3v) is 5.39. The van der Waals surface area contributed by atoms with Crippen LogP contribution in [0, 0.1) is 0 Å². The lowest BCUT2D eigenvalue weighted by molar-refractivity contribution is -0.112. The normalized spacial score (nSPS) is 12.6. The SMILES string of the molecule is COC(=O)c1ccc(C(=O)Nc2cc(-c3ccc(NC(=O)C4=CCCC=C4)cc3)nn2C)cc1. The number of amides is 2. The van der Waals surface area contributed by atoms with Crippen LogP contribution in [-0.4, -0.2) is 34.7 Å². The molecular formula is C26H24N4O4. The smallest absolute Gasteiger partial charge is 0.337 e. The molecule has 0 atom stereocenters. The monoisotopic (exact) mass is 456 g/mol. The summed E-state index contributed by atoms with van der Waals surface area (Å²) in [6.45, 7) is 0. The molecule has 2 aromatic carbocycles. The van der Waals surface area contributed by atoms with Crippen molar-refractivity contribution in [2.75, 3.05) is 17.7 Å². The minimum atomic E-state index is -0.461. The number of carbonyl (C=O) groups is 3. The van der Waals surface area contributed by atoms with E-state index < -0.39 is 5.97 Å². The summed E-state index contributed by atoms with van der Waals surface area (Å²) in [5, 5.41) is 10.2. The lowest BCUT2D eigenvalue weighted by Gasteiger charge is -2.08. The first-order valence-electron chi connectivity index (χ1n) is 10.8. The second-order valence-corrected chi connectivity index (χ2v) is 7.73. The number of hydrogen-bond donors (Lipinski definition) is 2. The molecule has 1 heterocycles. The number of hydrogen-bond acceptors (Lipinski definition) is 5. The summed E-state index contributed by atoms with van der Waals surface area (Å²) in [7, 11) is 3.04. The molecule has 0 bridgehead atoms. The molecule has 0 radical (unpaired) electrons. The first-order valence-corrected chi connectivity index (χ1v) is 10.8. The van der Waals surface area contributed by atoms with E-state index in [2.05, 4.69) is 20.5 Å². The van der Waals surface area contributed by atoms with Crippen molar-refractivity contribution in [1.82, 2.24) is 9.78 Å². The standard InChI is InChI=1S/C26H24N4O4/c1-30-23(28-25(32)19-8-10-20(11-9-19)26(33)34-2)16-22(29-30)17-12-14-21(15-13-17)27-24(31)18-6-4-3-5-7-18/h4,6-16H,3,5H2,1-2H3,(H,27,31)(H,28,32). The zero-order valence-corrected chi connectivity index (χ0v) is 18.9. The van der Waals surface area contributed by atoms with Crippen LogP contribution in [0.5, 0.6) is 0 Å². The summed E-state index contributed by atoms with van der Waals surface area (Å²) < 4.78 is 6.25. The van der Waals surface area contributed by atoms with Crippen molar-refractivity contribution in [1.29, 1.82) is 0 Å². The molecule has 34 heavy (non-hydrogen) atoms. The van der Waals surface area contributed by atoms with Gasteiger partial charge in [-0.3, -0.25) is 14.3 Å². The van der Waals surface area contributed by atoms with E-state index in [-0.39, 0.29) is 11.8 Å². The lowest BCUT2D eigenvalue weighted by Crippen LogP contribution is -2.14. The summed E-state index contributed by atoms with van der Waals surface area (Å²) >= 11 is 0. The van der Waals surface area contributed by atoms with Crippen molar-refractivity contribution in [3.63, 3.8) is 0 Å². The van der Waals surface area contributed by atoms with E-state index in [0.29, 0.717) is 33.9 Å². The van der Waals surface area contributed by atoms with Gasteiger partial charge >= 0.3 is 5.97 Å². The van der Waals surface area contributed by atoms with Gasteiger partial charge < -0.3 is 15.4 Å². The van der Waals surface area contributed by atoms with Crippen LogP contribution in [0.3, 0.4) is 0 Å². The molecule has 4 rings (SSSR count). The van der Waals surface area contributed by atoms with Crippen molar-refractivity contribution >= 4 is 29.3 Å². The molecule has 0 aliphatic heterocycles. The predicted molar refractivity (Wildman–Crippen MR) is 129 cm³/mol. The number of nitrogens with one attached hydrogen (secondary N) is 2. The number of rotatable bonds is 6. The quantitative estimate of drug-likeness (QED) is 0.537. The number of aromatic nitrogens is 2. The van der Waals surface area contributed by atoms with Gasteiger partial charge in [-0.25, -0.2) is 4.79 Å². The summed E-state index contributed by atoms with van der Waals surface area (Å²) in [5.74, 6) is -0.400. The van der Waals surface area contributed by atoms with Crippen molar-refractivity contribution in [3.8, 4) is 11.3 Å². The molecule has 8 heteroatoms. The Morgan fingerprint density at radius 1 is 0.912 bits per heavy atom. The Labute approximate surface area is 196 Å². The van der Waals surface area contributed by atoms with Crippen LogP contribution in [0.1, 0.15) is 33.6 Å². The highest BCUT2D eigenvalue weighted by molar-refractivity contribution is 6.06. The van der Waals surface area contributed by atoms with E-state index in [9.17, 15) is 14.4 Å². The van der Waals surface area contributed by atoms with Gasteiger partial charge in [0.15, 0.2) is 0 Å². The molecule has 0 spiro atoms. The molecule has 1 aliphatic carbocycles. The van der Waals surface area contributed by atoms with E-state index in [1.165, 1.54) is 19.2 Å². The Morgan fingerprint density at radius 2 is 1.62 bits per heavy atom. The highest BCUT2D eigenvalue weighted by Gasteiger charge is 2.14. The molecule has 0 saturated carbocycles. The number of anilines is 2. The number of ether oxygens (including phenoxy) is 1. The van der Waals surface area contributed by atoms with Crippen molar-refractivity contribution < 1.29 is 19.1 Å². The molecule has 172 valence electrons. The third-order valence-electron chi connectivity index (χ3n) is 5.39. The van der Waals surface area contributed by atoms with Crippen LogP contribution in [0.25, 0.3) is 11.3 Å². The highest BCUT2D eigenvalue weighted by Crippen LogP contribution is 2.24. The topological polar surface area (TPSA) is 102 Å². The number of benzene rings is 2. The fourth-order valence-electron chi connectivity index (χ4n) is 3.50. The van der Waals surface area contributed by atoms with E-state index in [4.69, 9.17) is 0 Å². The average molecular weight is 457 g/mol. The van der Waals surface area contributed by atoms with Gasteiger partial charge in [-0.15, -0.1) is 0 Å². The molecule has 0 saturated heterocycles. The lowest BCUT2D eigenvalue weighted by atomic mass is 10.1. The molecule has 2 N–H and O–H groups in total. The molecule has 1 aromatic heterocycles. The maximum absolute atomic E-state index is 12.6. The van der Waals surface area contributed by atoms with Gasteiger partial charge in [0, 0.05) is 35.5 Å². The number of aryl methyl sites for hydroxylation is 1. The van der Waals surface area contributed by atoms with Crippen LogP contribution in [0.2, 0.25) is 0 Å². The van der Waals surface area contributed by atoms with Crippen LogP contribution < -0.4 is 10.6 Å². The van der Waals surface area contributed by atoms with E-state index in [1.54, 1.807) is 29.9 Å². The minimum absolute atomic E-state index is 0.133. The minimum Gasteiger partial charge on any atom is -0.465 e. The molecule has 0 fully saturated rings. The molecular weight excluding hydrogens is 432 g/mol. The van der Waals surface area contributed by atoms with Crippen molar-refractivity contribution in [2.45, 2.75) is 12.8 Å². The van der Waals surface area contributed by atoms with E-state index >= 15 is 0 Å². The van der Waals surface area contributed by atoms with Gasteiger partial charge in [-0.1, -0.05) is 30.4 Å². The largest absolute Gasteiger partial charge is 0.465 e. The van der Waals surface area contributed by atoms with Crippen LogP contribution in [0.4, 0.5) is 11.5 Å². The summed E-state index contributed by atoms with van der Waals surface area (Å²) in [5.41, 5.74) is 3.64. The van der Waals surface area contributed by atoms with Crippen molar-refractivity contribution in [2.24, 2.45) is 7.05 Å². The second kappa shape index (κ2) is 9.99. The molecule has 2 amide bonds. The zero-order valence-electron chi connectivity index (χ0n) is 18.9. The fourth-order valence-corrected chi connectivity index (χ4v) is 3.50. The number of esters is 1. The number of carbonyl (C=O) groups excluding carboxylic acids is 3. The first kappa shape index (κ1) is 22.7. The molecule has 0 unspecified atom stereocenters. The number of nitrogens with zero attached hydrogens (tertiary/aromatic N) is 2. The van der Waals surface area contributed by atoms with Gasteiger partial charge in [-0.2, -0.15) is 5.10 Å². The molecule has 8 nitrogen and oxygen atoms in total. The summed E-state index contributed by atoms with van der Waals surface area (Å²) in [6, 6.07) is 15.3. The Bertz CT molecular complexity index is 1290. The molecule has 3 aromatic rings. The van der Waals surface area contributed by atoms with Gasteiger partial charge in [-0.05, 0) is 49.2 Å². The third kappa shape index (κ3) is 5.12. The molecule has 1 aliphatic rings. The first-order chi connectivity index (χ1) is 16.4. The summed E-state index contributed by atoms with van der Waals surface area (Å²) in [4.78, 5) is 36.5. The van der Waals surface area contributed by atoms with E-state index in [0.717, 1.165) is 18.4 Å². The van der Waals surface area contributed by atoms with Gasteiger partial charge in [0.1, 0.15) is 5.82 Å². The van der Waals surface area contributed by atoms with Crippen LogP contribution in [0.15, 0.2) is 78.4 Å². The van der Waals surface area contributed by atoms with Gasteiger partial charge in [0.2, 0.25) is 0 Å². The number of methoxy groups -OCH3 is 1. The Balaban J connectivity index is 1.42. The Kier molecular flexibility index (Phi) is 6.68. The maximum Gasteiger partial charge on any atom is 0.337 e. The average Bonchev–Trinajstić information content (AvgIpc) is 3.24. The van der Waals surface area contributed by atoms with Crippen LogP contribution >= 0.6 is 0 Å². The second-order valence-electron chi connectivity index (χ2n) is 7.73. The predicted octanol–water partition coefficient (Wildman–Crippen LogP) is 4.34. The Morgan fingerprint density at radius 3 is 2.26 bits per heavy atom.